The second-order valence-corrected chi connectivity index (χ2v) is 7.29. The number of aromatic nitrogens is 1. The molecule has 0 amide bonds. The second-order valence-electron chi connectivity index (χ2n) is 5.97. The summed E-state index contributed by atoms with van der Waals surface area (Å²) in [7, 11) is 1.65. The molecule has 1 aromatic carbocycles. The van der Waals surface area contributed by atoms with Crippen LogP contribution in [0.1, 0.15) is 27.8 Å². The highest BCUT2D eigenvalue weighted by Gasteiger charge is 2.42. The number of guanidine groups is 1. The minimum Gasteiger partial charge on any atom is -0.405 e. The lowest BCUT2D eigenvalue weighted by atomic mass is 10.1. The standard InChI is InChI=1S/C17H19F3N4OS.HI/c1-10-8-22-15(26-10)9-23-16(21-2)24-13-7-12(13)11-5-3-4-6-14(11)25-17(18,19)20;/h3-6,8,12-13H,7,9H2,1-2H3,(H2,21,23,24);1H. The maximum atomic E-state index is 12.6. The number of nitrogens with zero attached hydrogens (tertiary/aromatic N) is 2. The molecule has 27 heavy (non-hydrogen) atoms. The Labute approximate surface area is 176 Å². The fraction of sp³-hybridized carbons (Fsp3) is 0.412. The quantitative estimate of drug-likeness (QED) is 0.359. The first kappa shape index (κ1) is 21.7. The summed E-state index contributed by atoms with van der Waals surface area (Å²) in [6.45, 7) is 2.53. The molecule has 1 fully saturated rings. The smallest absolute Gasteiger partial charge is 0.405 e. The molecule has 0 radical (unpaired) electrons. The van der Waals surface area contributed by atoms with Crippen molar-refractivity contribution < 1.29 is 17.9 Å². The van der Waals surface area contributed by atoms with Gasteiger partial charge in [-0.15, -0.1) is 48.5 Å². The highest BCUT2D eigenvalue weighted by molar-refractivity contribution is 14.0. The highest BCUT2D eigenvalue weighted by atomic mass is 127. The predicted molar refractivity (Wildman–Crippen MR) is 110 cm³/mol. The Hall–Kier alpha value is -1.56. The zero-order chi connectivity index (χ0) is 18.7. The molecule has 2 aromatic rings. The van der Waals surface area contributed by atoms with Gasteiger partial charge in [0.1, 0.15) is 10.8 Å². The lowest BCUT2D eigenvalue weighted by Crippen LogP contribution is -2.38. The molecule has 1 aromatic heterocycles. The number of aryl methyl sites for hydroxylation is 1. The van der Waals surface area contributed by atoms with Gasteiger partial charge >= 0.3 is 6.36 Å². The van der Waals surface area contributed by atoms with E-state index in [0.29, 0.717) is 18.1 Å². The van der Waals surface area contributed by atoms with Crippen molar-refractivity contribution in [2.45, 2.75) is 38.2 Å². The molecule has 0 saturated heterocycles. The van der Waals surface area contributed by atoms with Crippen LogP contribution >= 0.6 is 35.3 Å². The van der Waals surface area contributed by atoms with Crippen LogP contribution in [0.2, 0.25) is 0 Å². The Morgan fingerprint density at radius 3 is 2.74 bits per heavy atom. The van der Waals surface area contributed by atoms with Gasteiger partial charge in [-0.05, 0) is 25.0 Å². The van der Waals surface area contributed by atoms with Crippen LogP contribution in [-0.4, -0.2) is 30.4 Å². The summed E-state index contributed by atoms with van der Waals surface area (Å²) in [5.41, 5.74) is 0.549. The molecule has 1 heterocycles. The lowest BCUT2D eigenvalue weighted by Gasteiger charge is -2.14. The molecule has 0 bridgehead atoms. The van der Waals surface area contributed by atoms with E-state index in [1.165, 1.54) is 12.1 Å². The number of thiazole rings is 1. The Morgan fingerprint density at radius 2 is 2.11 bits per heavy atom. The number of halogens is 4. The van der Waals surface area contributed by atoms with Crippen molar-refractivity contribution in [3.05, 3.63) is 45.9 Å². The molecule has 10 heteroatoms. The van der Waals surface area contributed by atoms with Gasteiger partial charge in [0.05, 0.1) is 6.54 Å². The minimum atomic E-state index is -4.70. The second kappa shape index (κ2) is 9.09. The summed E-state index contributed by atoms with van der Waals surface area (Å²) in [6, 6.07) is 6.27. The fourth-order valence-electron chi connectivity index (χ4n) is 2.72. The topological polar surface area (TPSA) is 58.5 Å². The van der Waals surface area contributed by atoms with Gasteiger partial charge in [-0.25, -0.2) is 4.98 Å². The van der Waals surface area contributed by atoms with E-state index in [-0.39, 0.29) is 41.7 Å². The zero-order valence-electron chi connectivity index (χ0n) is 14.7. The van der Waals surface area contributed by atoms with E-state index >= 15 is 0 Å². The van der Waals surface area contributed by atoms with E-state index in [4.69, 9.17) is 0 Å². The van der Waals surface area contributed by atoms with Crippen molar-refractivity contribution in [1.82, 2.24) is 15.6 Å². The Kier molecular flexibility index (Phi) is 7.32. The maximum absolute atomic E-state index is 12.6. The number of ether oxygens (including phenoxy) is 1. The molecule has 0 aliphatic heterocycles. The van der Waals surface area contributed by atoms with Crippen LogP contribution in [0.15, 0.2) is 35.5 Å². The molecule has 2 unspecified atom stereocenters. The van der Waals surface area contributed by atoms with Crippen LogP contribution < -0.4 is 15.4 Å². The monoisotopic (exact) mass is 512 g/mol. The zero-order valence-corrected chi connectivity index (χ0v) is 17.9. The van der Waals surface area contributed by atoms with E-state index in [1.54, 1.807) is 30.5 Å². The van der Waals surface area contributed by atoms with E-state index in [1.807, 2.05) is 13.1 Å². The first-order valence-corrected chi connectivity index (χ1v) is 8.90. The van der Waals surface area contributed by atoms with Gasteiger partial charge in [-0.2, -0.15) is 0 Å². The highest BCUT2D eigenvalue weighted by Crippen LogP contribution is 2.45. The third-order valence-electron chi connectivity index (χ3n) is 3.96. The number of nitrogens with one attached hydrogen (secondary N) is 2. The average Bonchev–Trinajstić information content (AvgIpc) is 3.21. The third kappa shape index (κ3) is 6.23. The molecule has 1 aliphatic carbocycles. The van der Waals surface area contributed by atoms with Gasteiger partial charge in [-0.1, -0.05) is 18.2 Å². The Bertz CT molecular complexity index is 796. The minimum absolute atomic E-state index is 0. The summed E-state index contributed by atoms with van der Waals surface area (Å²) in [4.78, 5) is 9.57. The van der Waals surface area contributed by atoms with Crippen LogP contribution in [0.4, 0.5) is 13.2 Å². The predicted octanol–water partition coefficient (Wildman–Crippen LogP) is 4.19. The van der Waals surface area contributed by atoms with Crippen LogP contribution in [0, 0.1) is 6.92 Å². The Balaban J connectivity index is 0.00000261. The molecule has 3 rings (SSSR count). The average molecular weight is 512 g/mol. The molecular formula is C17H20F3IN4OS. The van der Waals surface area contributed by atoms with E-state index in [9.17, 15) is 13.2 Å². The summed E-state index contributed by atoms with van der Waals surface area (Å²) in [5.74, 6) is 0.407. The number of para-hydroxylation sites is 1. The van der Waals surface area contributed by atoms with Crippen molar-refractivity contribution in [3.8, 4) is 5.75 Å². The summed E-state index contributed by atoms with van der Waals surface area (Å²) in [5, 5.41) is 7.35. The summed E-state index contributed by atoms with van der Waals surface area (Å²) >= 11 is 1.60. The van der Waals surface area contributed by atoms with Gasteiger partial charge in [0.25, 0.3) is 0 Å². The first-order chi connectivity index (χ1) is 12.4. The van der Waals surface area contributed by atoms with Crippen LogP contribution in [0.5, 0.6) is 5.75 Å². The Morgan fingerprint density at radius 1 is 1.37 bits per heavy atom. The normalized spacial score (nSPS) is 19.2. The first-order valence-electron chi connectivity index (χ1n) is 8.09. The number of aliphatic imine (C=N–C) groups is 1. The lowest BCUT2D eigenvalue weighted by molar-refractivity contribution is -0.274. The summed E-state index contributed by atoms with van der Waals surface area (Å²) < 4.78 is 41.8. The summed E-state index contributed by atoms with van der Waals surface area (Å²) in [6.07, 6.45) is -2.17. The number of benzene rings is 1. The van der Waals surface area contributed by atoms with E-state index in [0.717, 1.165) is 16.3 Å². The maximum Gasteiger partial charge on any atom is 0.573 e. The van der Waals surface area contributed by atoms with Gasteiger partial charge in [0, 0.05) is 30.1 Å². The van der Waals surface area contributed by atoms with Crippen LogP contribution in [0.3, 0.4) is 0 Å². The molecule has 1 aliphatic rings. The van der Waals surface area contributed by atoms with Crippen LogP contribution in [0.25, 0.3) is 0 Å². The van der Waals surface area contributed by atoms with Crippen LogP contribution in [-0.2, 0) is 6.54 Å². The molecular weight excluding hydrogens is 492 g/mol. The number of alkyl halides is 3. The van der Waals surface area contributed by atoms with Crippen molar-refractivity contribution in [2.24, 2.45) is 4.99 Å². The van der Waals surface area contributed by atoms with Gasteiger partial charge in [0.15, 0.2) is 5.96 Å². The van der Waals surface area contributed by atoms with Crippen molar-refractivity contribution >= 4 is 41.3 Å². The molecule has 1 saturated carbocycles. The number of rotatable bonds is 5. The molecule has 5 nitrogen and oxygen atoms in total. The van der Waals surface area contributed by atoms with E-state index < -0.39 is 6.36 Å². The molecule has 2 atom stereocenters. The largest absolute Gasteiger partial charge is 0.573 e. The number of hydrogen-bond donors (Lipinski definition) is 2. The van der Waals surface area contributed by atoms with Crippen molar-refractivity contribution in [1.29, 1.82) is 0 Å². The molecule has 0 spiro atoms. The molecule has 2 N–H and O–H groups in total. The molecule has 148 valence electrons. The SMILES string of the molecule is CN=C(NCc1ncc(C)s1)NC1CC1c1ccccc1OC(F)(F)F.I. The van der Waals surface area contributed by atoms with Gasteiger partial charge in [-0.3, -0.25) is 4.99 Å². The van der Waals surface area contributed by atoms with Crippen molar-refractivity contribution in [2.75, 3.05) is 7.05 Å². The van der Waals surface area contributed by atoms with Crippen molar-refractivity contribution in [3.63, 3.8) is 0 Å². The fourth-order valence-corrected chi connectivity index (χ4v) is 3.44. The third-order valence-corrected chi connectivity index (χ3v) is 4.87. The number of hydrogen-bond acceptors (Lipinski definition) is 4. The van der Waals surface area contributed by atoms with Gasteiger partial charge in [0.2, 0.25) is 0 Å². The van der Waals surface area contributed by atoms with E-state index in [2.05, 4.69) is 25.3 Å². The van der Waals surface area contributed by atoms with Gasteiger partial charge < -0.3 is 15.4 Å².